The summed E-state index contributed by atoms with van der Waals surface area (Å²) in [5.41, 5.74) is 4.12. The quantitative estimate of drug-likeness (QED) is 0.693. The van der Waals surface area contributed by atoms with E-state index in [0.717, 1.165) is 22.4 Å². The summed E-state index contributed by atoms with van der Waals surface area (Å²) >= 11 is 0. The van der Waals surface area contributed by atoms with Crippen LogP contribution in [0.1, 0.15) is 31.0 Å². The highest BCUT2D eigenvalue weighted by molar-refractivity contribution is 5.82. The van der Waals surface area contributed by atoms with Crippen molar-refractivity contribution in [3.63, 3.8) is 0 Å². The second-order valence-corrected chi connectivity index (χ2v) is 5.95. The summed E-state index contributed by atoms with van der Waals surface area (Å²) in [5.74, 6) is 0.679. The van der Waals surface area contributed by atoms with Crippen LogP contribution in [0.5, 0.6) is 11.5 Å². The van der Waals surface area contributed by atoms with Crippen molar-refractivity contribution < 1.29 is 10.2 Å². The first-order valence-electron chi connectivity index (χ1n) is 7.41. The van der Waals surface area contributed by atoms with Crippen LogP contribution >= 0.6 is 0 Å². The molecular formula is C18H20N2O2. The van der Waals surface area contributed by atoms with E-state index >= 15 is 0 Å². The van der Waals surface area contributed by atoms with E-state index in [0.29, 0.717) is 11.1 Å². The van der Waals surface area contributed by atoms with Crippen LogP contribution in [0.2, 0.25) is 0 Å². The third-order valence-corrected chi connectivity index (χ3v) is 4.07. The van der Waals surface area contributed by atoms with Gasteiger partial charge in [-0.15, -0.1) is 0 Å². The van der Waals surface area contributed by atoms with Crippen molar-refractivity contribution in [2.45, 2.75) is 33.7 Å². The minimum atomic E-state index is -0.0719. The van der Waals surface area contributed by atoms with E-state index in [1.807, 2.05) is 30.3 Å². The van der Waals surface area contributed by atoms with Crippen LogP contribution in [-0.2, 0) is 0 Å². The smallest absolute Gasteiger partial charge is 0.161 e. The number of aromatic hydroxyl groups is 2. The maximum atomic E-state index is 10.1. The summed E-state index contributed by atoms with van der Waals surface area (Å²) in [5, 5.41) is 20.0. The lowest BCUT2D eigenvalue weighted by molar-refractivity contribution is 0.398. The van der Waals surface area contributed by atoms with E-state index in [2.05, 4.69) is 18.4 Å². The molecule has 0 spiro atoms. The number of phenols is 2. The molecule has 1 aromatic heterocycles. The van der Waals surface area contributed by atoms with Gasteiger partial charge < -0.3 is 14.8 Å². The van der Waals surface area contributed by atoms with Gasteiger partial charge in [0.2, 0.25) is 0 Å². The van der Waals surface area contributed by atoms with Gasteiger partial charge >= 0.3 is 0 Å². The molecular weight excluding hydrogens is 276 g/mol. The lowest BCUT2D eigenvalue weighted by Gasteiger charge is -2.16. The van der Waals surface area contributed by atoms with Crippen molar-refractivity contribution >= 4 is 11.0 Å². The number of imidazole rings is 1. The minimum absolute atomic E-state index is 0.0616. The molecule has 0 radical (unpaired) electrons. The zero-order valence-corrected chi connectivity index (χ0v) is 13.3. The number of rotatable bonds is 2. The van der Waals surface area contributed by atoms with E-state index in [1.54, 1.807) is 13.8 Å². The van der Waals surface area contributed by atoms with Crippen LogP contribution < -0.4 is 0 Å². The monoisotopic (exact) mass is 296 g/mol. The van der Waals surface area contributed by atoms with Crippen molar-refractivity contribution in [3.8, 4) is 22.9 Å². The zero-order chi connectivity index (χ0) is 16.0. The van der Waals surface area contributed by atoms with E-state index in [9.17, 15) is 10.2 Å². The number of aromatic nitrogens is 2. The number of hydrogen-bond acceptors (Lipinski definition) is 3. The Hall–Kier alpha value is -2.49. The van der Waals surface area contributed by atoms with Crippen molar-refractivity contribution in [2.75, 3.05) is 0 Å². The SMILES string of the molecule is Cc1cc(-c2nc3ccccc3n2C(C)C)c(C)c(O)c1O. The summed E-state index contributed by atoms with van der Waals surface area (Å²) in [6.45, 7) is 7.80. The normalized spacial score (nSPS) is 11.5. The molecule has 0 unspecified atom stereocenters. The van der Waals surface area contributed by atoms with E-state index in [1.165, 1.54) is 0 Å². The van der Waals surface area contributed by atoms with E-state index < -0.39 is 0 Å². The molecule has 2 N–H and O–H groups in total. The van der Waals surface area contributed by atoms with E-state index in [-0.39, 0.29) is 17.5 Å². The van der Waals surface area contributed by atoms with Crippen LogP contribution in [0, 0.1) is 13.8 Å². The van der Waals surface area contributed by atoms with Crippen LogP contribution in [0.15, 0.2) is 30.3 Å². The lowest BCUT2D eigenvalue weighted by Crippen LogP contribution is -2.04. The summed E-state index contributed by atoms with van der Waals surface area (Å²) in [6, 6.07) is 10.1. The molecule has 0 aliphatic carbocycles. The van der Waals surface area contributed by atoms with Gasteiger partial charge in [-0.1, -0.05) is 12.1 Å². The van der Waals surface area contributed by atoms with Gasteiger partial charge in [-0.05, 0) is 51.5 Å². The molecule has 0 saturated heterocycles. The van der Waals surface area contributed by atoms with Gasteiger partial charge in [0.1, 0.15) is 5.82 Å². The van der Waals surface area contributed by atoms with Crippen molar-refractivity contribution in [1.82, 2.24) is 9.55 Å². The number of fused-ring (bicyclic) bond motifs is 1. The van der Waals surface area contributed by atoms with Gasteiger partial charge in [0.25, 0.3) is 0 Å². The highest BCUT2D eigenvalue weighted by Gasteiger charge is 2.20. The molecule has 3 aromatic rings. The Balaban J connectivity index is 2.38. The Labute approximate surface area is 129 Å². The maximum Gasteiger partial charge on any atom is 0.161 e. The predicted octanol–water partition coefficient (Wildman–Crippen LogP) is 4.31. The van der Waals surface area contributed by atoms with Gasteiger partial charge in [0.15, 0.2) is 11.5 Å². The molecule has 0 saturated carbocycles. The average Bonchev–Trinajstić information content (AvgIpc) is 2.88. The Morgan fingerprint density at radius 3 is 2.41 bits per heavy atom. The van der Waals surface area contributed by atoms with Crippen LogP contribution in [0.25, 0.3) is 22.4 Å². The summed E-state index contributed by atoms with van der Waals surface area (Å²) in [7, 11) is 0. The first kappa shape index (κ1) is 14.4. The average molecular weight is 296 g/mol. The van der Waals surface area contributed by atoms with Crippen LogP contribution in [-0.4, -0.2) is 19.8 Å². The Kier molecular flexibility index (Phi) is 3.32. The summed E-state index contributed by atoms with van der Waals surface area (Å²) in [4.78, 5) is 4.75. The highest BCUT2D eigenvalue weighted by atomic mass is 16.3. The third kappa shape index (κ3) is 2.03. The standard InChI is InChI=1S/C18H20N2O2/c1-10(2)20-15-8-6-5-7-14(15)19-18(20)13-9-11(3)16(21)17(22)12(13)4/h5-10,21-22H,1-4H3. The van der Waals surface area contributed by atoms with Gasteiger partial charge in [0.05, 0.1) is 11.0 Å². The number of nitrogens with zero attached hydrogens (tertiary/aromatic N) is 2. The van der Waals surface area contributed by atoms with E-state index in [4.69, 9.17) is 4.98 Å². The molecule has 4 nitrogen and oxygen atoms in total. The summed E-state index contributed by atoms with van der Waals surface area (Å²) < 4.78 is 2.16. The topological polar surface area (TPSA) is 58.3 Å². The van der Waals surface area contributed by atoms with Crippen LogP contribution in [0.4, 0.5) is 0 Å². The molecule has 1 heterocycles. The first-order chi connectivity index (χ1) is 10.4. The van der Waals surface area contributed by atoms with Crippen molar-refractivity contribution in [3.05, 3.63) is 41.5 Å². The molecule has 0 fully saturated rings. The third-order valence-electron chi connectivity index (χ3n) is 4.07. The first-order valence-corrected chi connectivity index (χ1v) is 7.41. The van der Waals surface area contributed by atoms with Crippen molar-refractivity contribution in [2.24, 2.45) is 0 Å². The Morgan fingerprint density at radius 1 is 1.05 bits per heavy atom. The second-order valence-electron chi connectivity index (χ2n) is 5.95. The second kappa shape index (κ2) is 5.05. The van der Waals surface area contributed by atoms with Gasteiger partial charge in [-0.25, -0.2) is 4.98 Å². The molecule has 0 aliphatic heterocycles. The molecule has 0 bridgehead atoms. The fraction of sp³-hybridized carbons (Fsp3) is 0.278. The number of hydrogen-bond donors (Lipinski definition) is 2. The Morgan fingerprint density at radius 2 is 1.73 bits per heavy atom. The molecule has 114 valence electrons. The van der Waals surface area contributed by atoms with Crippen molar-refractivity contribution in [1.29, 1.82) is 0 Å². The lowest BCUT2D eigenvalue weighted by atomic mass is 10.0. The van der Waals surface area contributed by atoms with Gasteiger partial charge in [-0.2, -0.15) is 0 Å². The molecule has 4 heteroatoms. The zero-order valence-electron chi connectivity index (χ0n) is 13.3. The van der Waals surface area contributed by atoms with Crippen LogP contribution in [0.3, 0.4) is 0 Å². The fourth-order valence-corrected chi connectivity index (χ4v) is 2.87. The fourth-order valence-electron chi connectivity index (χ4n) is 2.87. The van der Waals surface area contributed by atoms with Gasteiger partial charge in [0, 0.05) is 17.2 Å². The minimum Gasteiger partial charge on any atom is -0.504 e. The van der Waals surface area contributed by atoms with Gasteiger partial charge in [-0.3, -0.25) is 0 Å². The Bertz CT molecular complexity index is 863. The molecule has 2 aromatic carbocycles. The molecule has 0 amide bonds. The largest absolute Gasteiger partial charge is 0.504 e. The number of para-hydroxylation sites is 2. The molecule has 0 aliphatic rings. The number of benzene rings is 2. The highest BCUT2D eigenvalue weighted by Crippen LogP contribution is 2.40. The predicted molar refractivity (Wildman–Crippen MR) is 88.4 cm³/mol. The molecule has 22 heavy (non-hydrogen) atoms. The maximum absolute atomic E-state index is 10.1. The summed E-state index contributed by atoms with van der Waals surface area (Å²) in [6.07, 6.45) is 0. The molecule has 3 rings (SSSR count). The number of aryl methyl sites for hydroxylation is 1. The number of phenolic OH excluding ortho intramolecular Hbond substituents is 2. The molecule has 0 atom stereocenters.